The number of aromatic nitrogens is 4. The third-order valence-electron chi connectivity index (χ3n) is 3.42. The van der Waals surface area contributed by atoms with Gasteiger partial charge in [-0.3, -0.25) is 4.57 Å². The average molecular weight is 292 g/mol. The van der Waals surface area contributed by atoms with Gasteiger partial charge in [-0.25, -0.2) is 15.0 Å². The van der Waals surface area contributed by atoms with Gasteiger partial charge in [-0.05, 0) is 5.53 Å². The highest BCUT2D eigenvalue weighted by atomic mass is 16.6. The van der Waals surface area contributed by atoms with Crippen LogP contribution in [0.1, 0.15) is 12.6 Å². The van der Waals surface area contributed by atoms with Gasteiger partial charge in [0.2, 0.25) is 0 Å². The molecule has 3 heterocycles. The first-order valence-corrected chi connectivity index (χ1v) is 6.07. The van der Waals surface area contributed by atoms with Gasteiger partial charge in [0.25, 0.3) is 0 Å². The van der Waals surface area contributed by atoms with Crippen molar-refractivity contribution in [3.05, 3.63) is 23.1 Å². The second-order valence-corrected chi connectivity index (χ2v) is 4.60. The number of hydrogen-bond acceptors (Lipinski definition) is 8. The predicted molar refractivity (Wildman–Crippen MR) is 69.4 cm³/mol. The number of anilines is 1. The van der Waals surface area contributed by atoms with Crippen LogP contribution in [0, 0.1) is 0 Å². The van der Waals surface area contributed by atoms with Crippen LogP contribution < -0.4 is 5.73 Å². The lowest BCUT2D eigenvalue weighted by molar-refractivity contribution is -0.122. The van der Waals surface area contributed by atoms with E-state index in [0.29, 0.717) is 11.2 Å². The maximum atomic E-state index is 10.0. The van der Waals surface area contributed by atoms with Gasteiger partial charge in [0.1, 0.15) is 18.1 Å². The Morgan fingerprint density at radius 2 is 2.38 bits per heavy atom. The normalized spacial score (nSPS) is 28.7. The van der Waals surface area contributed by atoms with Gasteiger partial charge in [0, 0.05) is 11.3 Å². The molecule has 11 heteroatoms. The zero-order valence-electron chi connectivity index (χ0n) is 10.7. The van der Waals surface area contributed by atoms with Gasteiger partial charge >= 0.3 is 0 Å². The Morgan fingerprint density at radius 1 is 1.57 bits per heavy atom. The largest absolute Gasteiger partial charge is 0.393 e. The monoisotopic (exact) mass is 292 g/mol. The summed E-state index contributed by atoms with van der Waals surface area (Å²) in [4.78, 5) is 14.6. The molecule has 21 heavy (non-hydrogen) atoms. The average Bonchev–Trinajstić information content (AvgIpc) is 3.03. The fraction of sp³-hybridized carbons (Fsp3) is 0.500. The molecular weight excluding hydrogens is 280 g/mol. The van der Waals surface area contributed by atoms with E-state index in [1.54, 1.807) is 4.57 Å². The van der Waals surface area contributed by atoms with E-state index >= 15 is 0 Å². The molecule has 0 amide bonds. The topological polar surface area (TPSA) is 168 Å². The molecule has 0 aliphatic carbocycles. The number of nitrogens with two attached hydrogens (primary N) is 1. The minimum Gasteiger partial charge on any atom is -0.393 e. The maximum Gasteiger partial charge on any atom is 0.198 e. The first-order valence-electron chi connectivity index (χ1n) is 6.07. The highest BCUT2D eigenvalue weighted by Gasteiger charge is 2.48. The summed E-state index contributed by atoms with van der Waals surface area (Å²) in [5.41, 5.74) is 13.4. The van der Waals surface area contributed by atoms with Crippen molar-refractivity contribution >= 4 is 17.0 Å². The van der Waals surface area contributed by atoms with Crippen molar-refractivity contribution in [2.75, 3.05) is 12.3 Å². The molecule has 4 N–H and O–H groups in total. The lowest BCUT2D eigenvalue weighted by Crippen LogP contribution is -2.40. The molecule has 0 aromatic carbocycles. The van der Waals surface area contributed by atoms with Crippen molar-refractivity contribution in [2.24, 2.45) is 5.11 Å². The lowest BCUT2D eigenvalue weighted by atomic mass is 10.1. The third-order valence-corrected chi connectivity index (χ3v) is 3.42. The number of rotatable bonds is 3. The number of azide groups is 1. The minimum absolute atomic E-state index is 0.106. The Balaban J connectivity index is 2.02. The van der Waals surface area contributed by atoms with E-state index in [1.165, 1.54) is 12.7 Å². The fourth-order valence-electron chi connectivity index (χ4n) is 2.33. The Labute approximate surface area is 117 Å². The van der Waals surface area contributed by atoms with E-state index in [0.717, 1.165) is 0 Å². The summed E-state index contributed by atoms with van der Waals surface area (Å²) >= 11 is 0. The van der Waals surface area contributed by atoms with Gasteiger partial charge in [-0.2, -0.15) is 0 Å². The molecule has 1 aliphatic rings. The van der Waals surface area contributed by atoms with E-state index in [2.05, 4.69) is 25.0 Å². The van der Waals surface area contributed by atoms with Crippen LogP contribution in [0.5, 0.6) is 0 Å². The van der Waals surface area contributed by atoms with Gasteiger partial charge in [0.15, 0.2) is 17.2 Å². The number of nitrogen functional groups attached to an aromatic ring is 1. The van der Waals surface area contributed by atoms with Crippen molar-refractivity contribution in [3.8, 4) is 0 Å². The third kappa shape index (κ3) is 1.96. The Hall–Kier alpha value is -2.46. The number of aliphatic hydroxyl groups excluding tert-OH is 2. The smallest absolute Gasteiger partial charge is 0.198 e. The first kappa shape index (κ1) is 13.5. The number of nitrogens with zero attached hydrogens (tertiary/aromatic N) is 7. The standard InChI is InChI=1S/C10H12N8O3/c11-8-7-9(14-3-13-8)18(4-15-7)6-1-5(20)10(2-19,21-6)16-17-12/h3-6,19-20H,1-2H2,(H2,11,13,14)/t5-,6+,10?/m0/s1. The highest BCUT2D eigenvalue weighted by Crippen LogP contribution is 2.38. The fourth-order valence-corrected chi connectivity index (χ4v) is 2.33. The van der Waals surface area contributed by atoms with Crippen molar-refractivity contribution in [1.82, 2.24) is 19.5 Å². The van der Waals surface area contributed by atoms with Crippen LogP contribution in [-0.2, 0) is 4.74 Å². The van der Waals surface area contributed by atoms with Crippen molar-refractivity contribution in [1.29, 1.82) is 0 Å². The second-order valence-electron chi connectivity index (χ2n) is 4.60. The molecule has 1 unspecified atom stereocenters. The molecule has 2 aromatic heterocycles. The zero-order valence-corrected chi connectivity index (χ0v) is 10.7. The summed E-state index contributed by atoms with van der Waals surface area (Å²) < 4.78 is 7.09. The molecule has 110 valence electrons. The van der Waals surface area contributed by atoms with Crippen LogP contribution >= 0.6 is 0 Å². The van der Waals surface area contributed by atoms with Gasteiger partial charge in [-0.15, -0.1) is 0 Å². The Kier molecular flexibility index (Phi) is 3.11. The Morgan fingerprint density at radius 3 is 3.10 bits per heavy atom. The molecule has 3 rings (SSSR count). The summed E-state index contributed by atoms with van der Waals surface area (Å²) in [6, 6.07) is 0. The zero-order chi connectivity index (χ0) is 15.0. The van der Waals surface area contributed by atoms with Gasteiger partial charge in [-0.1, -0.05) is 5.11 Å². The van der Waals surface area contributed by atoms with E-state index in [1.807, 2.05) is 0 Å². The summed E-state index contributed by atoms with van der Waals surface area (Å²) in [5.74, 6) is 0.223. The summed E-state index contributed by atoms with van der Waals surface area (Å²) in [6.07, 6.45) is 0.983. The molecule has 11 nitrogen and oxygen atoms in total. The van der Waals surface area contributed by atoms with Crippen LogP contribution in [0.2, 0.25) is 0 Å². The molecule has 1 fully saturated rings. The summed E-state index contributed by atoms with van der Waals surface area (Å²) in [7, 11) is 0. The number of aliphatic hydroxyl groups is 2. The molecular formula is C10H12N8O3. The molecule has 0 spiro atoms. The van der Waals surface area contributed by atoms with Crippen LogP contribution in [0.3, 0.4) is 0 Å². The molecule has 1 aliphatic heterocycles. The van der Waals surface area contributed by atoms with Crippen LogP contribution in [-0.4, -0.2) is 48.2 Å². The highest BCUT2D eigenvalue weighted by molar-refractivity contribution is 5.81. The van der Waals surface area contributed by atoms with Crippen LogP contribution in [0.4, 0.5) is 5.82 Å². The molecule has 0 bridgehead atoms. The van der Waals surface area contributed by atoms with Crippen molar-refractivity contribution in [2.45, 2.75) is 24.5 Å². The lowest BCUT2D eigenvalue weighted by Gasteiger charge is -2.24. The summed E-state index contributed by atoms with van der Waals surface area (Å²) in [6.45, 7) is -0.640. The predicted octanol–water partition coefficient (Wildman–Crippen LogP) is -0.313. The second kappa shape index (κ2) is 4.82. The minimum atomic E-state index is -1.71. The van der Waals surface area contributed by atoms with E-state index in [9.17, 15) is 10.2 Å². The molecule has 0 saturated carbocycles. The summed E-state index contributed by atoms with van der Waals surface area (Å²) in [5, 5.41) is 22.8. The maximum absolute atomic E-state index is 10.0. The Bertz CT molecular complexity index is 726. The van der Waals surface area contributed by atoms with Gasteiger partial charge in [0.05, 0.1) is 19.0 Å². The number of imidazole rings is 1. The van der Waals surface area contributed by atoms with E-state index in [-0.39, 0.29) is 12.2 Å². The number of ether oxygens (including phenoxy) is 1. The molecule has 3 atom stereocenters. The van der Waals surface area contributed by atoms with Crippen molar-refractivity contribution in [3.63, 3.8) is 0 Å². The van der Waals surface area contributed by atoms with Crippen LogP contribution in [0.25, 0.3) is 21.6 Å². The van der Waals surface area contributed by atoms with E-state index < -0.39 is 24.7 Å². The van der Waals surface area contributed by atoms with Gasteiger partial charge < -0.3 is 20.7 Å². The SMILES string of the molecule is [N-]=[N+]=NC1(CO)O[C@@H](n2cnc3c(N)ncnc32)C[C@@H]1O. The van der Waals surface area contributed by atoms with Crippen LogP contribution in [0.15, 0.2) is 17.8 Å². The number of fused-ring (bicyclic) bond motifs is 1. The van der Waals surface area contributed by atoms with Crippen molar-refractivity contribution < 1.29 is 14.9 Å². The molecule has 2 aromatic rings. The quantitative estimate of drug-likeness (QED) is 0.395. The molecule has 0 radical (unpaired) electrons. The number of hydrogen-bond donors (Lipinski definition) is 3. The van der Waals surface area contributed by atoms with E-state index in [4.69, 9.17) is 16.0 Å². The molecule has 1 saturated heterocycles. The first-order chi connectivity index (χ1) is 10.1.